The highest BCUT2D eigenvalue weighted by Crippen LogP contribution is 2.21. The minimum absolute atomic E-state index is 0.0183. The number of nitrogens with zero attached hydrogens (tertiary/aromatic N) is 2. The Morgan fingerprint density at radius 3 is 2.22 bits per heavy atom. The normalized spacial score (nSPS) is 19.0. The number of hydrogen-bond donors (Lipinski definition) is 2. The zero-order valence-electron chi connectivity index (χ0n) is 18.7. The van der Waals surface area contributed by atoms with Crippen LogP contribution in [0.15, 0.2) is 24.3 Å². The van der Waals surface area contributed by atoms with Crippen molar-refractivity contribution in [3.63, 3.8) is 0 Å². The molecule has 0 aromatic heterocycles. The van der Waals surface area contributed by atoms with Crippen molar-refractivity contribution in [1.82, 2.24) is 20.4 Å². The highest BCUT2D eigenvalue weighted by Gasteiger charge is 2.30. The van der Waals surface area contributed by atoms with E-state index >= 15 is 0 Å². The molecule has 4 rings (SSSR count). The van der Waals surface area contributed by atoms with Crippen LogP contribution < -0.4 is 15.4 Å². The summed E-state index contributed by atoms with van der Waals surface area (Å²) < 4.78 is 5.52. The Morgan fingerprint density at radius 2 is 1.56 bits per heavy atom. The Balaban J connectivity index is 1.11. The number of hydrogen-bond acceptors (Lipinski definition) is 4. The molecule has 8 heteroatoms. The molecule has 32 heavy (non-hydrogen) atoms. The molecule has 0 spiro atoms. The van der Waals surface area contributed by atoms with Gasteiger partial charge in [-0.1, -0.05) is 12.1 Å². The van der Waals surface area contributed by atoms with Crippen LogP contribution in [0, 0.1) is 5.92 Å². The van der Waals surface area contributed by atoms with Crippen LogP contribution in [0.5, 0.6) is 5.75 Å². The molecule has 2 N–H and O–H groups in total. The quantitative estimate of drug-likeness (QED) is 0.644. The van der Waals surface area contributed by atoms with Gasteiger partial charge in [0.25, 0.3) is 5.91 Å². The van der Waals surface area contributed by atoms with E-state index in [1.807, 2.05) is 34.1 Å². The first-order valence-corrected chi connectivity index (χ1v) is 11.9. The number of benzene rings is 1. The molecule has 1 aromatic carbocycles. The maximum Gasteiger partial charge on any atom is 0.319 e. The van der Waals surface area contributed by atoms with Gasteiger partial charge < -0.3 is 25.2 Å². The van der Waals surface area contributed by atoms with Gasteiger partial charge in [0.1, 0.15) is 5.75 Å². The van der Waals surface area contributed by atoms with Gasteiger partial charge in [0.05, 0.1) is 0 Å². The molecule has 3 fully saturated rings. The van der Waals surface area contributed by atoms with Gasteiger partial charge in [0.15, 0.2) is 6.61 Å². The number of urea groups is 1. The van der Waals surface area contributed by atoms with Gasteiger partial charge in [0.2, 0.25) is 5.91 Å². The Morgan fingerprint density at radius 1 is 0.906 bits per heavy atom. The van der Waals surface area contributed by atoms with E-state index in [-0.39, 0.29) is 30.4 Å². The van der Waals surface area contributed by atoms with Gasteiger partial charge in [-0.05, 0) is 62.6 Å². The summed E-state index contributed by atoms with van der Waals surface area (Å²) in [6.07, 6.45) is 6.51. The van der Waals surface area contributed by atoms with Crippen LogP contribution in [0.3, 0.4) is 0 Å². The molecule has 174 valence electrons. The Labute approximate surface area is 189 Å². The molecule has 8 nitrogen and oxygen atoms in total. The van der Waals surface area contributed by atoms with E-state index in [2.05, 4.69) is 10.6 Å². The first kappa shape index (κ1) is 22.4. The minimum Gasteiger partial charge on any atom is -0.484 e. The molecule has 2 heterocycles. The van der Waals surface area contributed by atoms with E-state index in [0.29, 0.717) is 31.4 Å². The summed E-state index contributed by atoms with van der Waals surface area (Å²) in [5, 5.41) is 5.94. The van der Waals surface area contributed by atoms with E-state index in [9.17, 15) is 14.4 Å². The largest absolute Gasteiger partial charge is 0.484 e. The Kier molecular flexibility index (Phi) is 7.50. The van der Waals surface area contributed by atoms with Crippen molar-refractivity contribution in [2.45, 2.75) is 51.0 Å². The van der Waals surface area contributed by atoms with E-state index < -0.39 is 0 Å². The molecule has 2 saturated heterocycles. The van der Waals surface area contributed by atoms with Crippen molar-refractivity contribution in [3.8, 4) is 5.75 Å². The average molecular weight is 443 g/mol. The van der Waals surface area contributed by atoms with Gasteiger partial charge in [0, 0.05) is 44.7 Å². The molecule has 0 atom stereocenters. The van der Waals surface area contributed by atoms with Crippen LogP contribution in [0.4, 0.5) is 4.79 Å². The molecule has 1 aromatic rings. The average Bonchev–Trinajstić information content (AvgIpc) is 3.45. The Hall–Kier alpha value is -2.77. The van der Waals surface area contributed by atoms with E-state index in [1.165, 1.54) is 0 Å². The van der Waals surface area contributed by atoms with Gasteiger partial charge in [-0.3, -0.25) is 9.59 Å². The molecule has 3 aliphatic rings. The number of piperidine rings is 1. The van der Waals surface area contributed by atoms with Crippen molar-refractivity contribution in [2.75, 3.05) is 39.3 Å². The van der Waals surface area contributed by atoms with E-state index in [4.69, 9.17) is 4.74 Å². The fourth-order valence-electron chi connectivity index (χ4n) is 4.31. The van der Waals surface area contributed by atoms with Crippen LogP contribution in [-0.2, 0) is 16.0 Å². The smallest absolute Gasteiger partial charge is 0.319 e. The number of likely N-dealkylation sites (tertiary alicyclic amines) is 2. The van der Waals surface area contributed by atoms with Crippen molar-refractivity contribution >= 4 is 17.8 Å². The third-order valence-electron chi connectivity index (χ3n) is 6.46. The summed E-state index contributed by atoms with van der Waals surface area (Å²) in [4.78, 5) is 40.5. The zero-order chi connectivity index (χ0) is 22.3. The summed E-state index contributed by atoms with van der Waals surface area (Å²) in [5.74, 6) is 0.652. The molecule has 0 radical (unpaired) electrons. The summed E-state index contributed by atoms with van der Waals surface area (Å²) in [6, 6.07) is 8.11. The molecular weight excluding hydrogens is 408 g/mol. The maximum atomic E-state index is 12.5. The van der Waals surface area contributed by atoms with Crippen LogP contribution >= 0.6 is 0 Å². The van der Waals surface area contributed by atoms with Gasteiger partial charge in [-0.15, -0.1) is 0 Å². The second kappa shape index (κ2) is 10.7. The van der Waals surface area contributed by atoms with Crippen LogP contribution in [0.2, 0.25) is 0 Å². The van der Waals surface area contributed by atoms with Crippen molar-refractivity contribution in [2.24, 2.45) is 5.92 Å². The monoisotopic (exact) mass is 442 g/mol. The second-order valence-corrected chi connectivity index (χ2v) is 9.05. The number of carbonyl (C=O) groups excluding carboxylic acids is 3. The number of nitrogens with one attached hydrogen (secondary N) is 2. The number of amides is 4. The van der Waals surface area contributed by atoms with Gasteiger partial charge >= 0.3 is 6.03 Å². The molecule has 1 saturated carbocycles. The van der Waals surface area contributed by atoms with Crippen LogP contribution in [0.25, 0.3) is 0 Å². The second-order valence-electron chi connectivity index (χ2n) is 9.05. The topological polar surface area (TPSA) is 91.0 Å². The molecule has 0 bridgehead atoms. The minimum atomic E-state index is -0.0782. The predicted octanol–water partition coefficient (Wildman–Crippen LogP) is 1.93. The molecule has 1 aliphatic carbocycles. The SMILES string of the molecule is O=C(COc1ccc(CCNC(=O)C2CCN(C(=O)N3CCCC3)CC2)cc1)NC1CC1. The van der Waals surface area contributed by atoms with Gasteiger partial charge in [-0.2, -0.15) is 0 Å². The van der Waals surface area contributed by atoms with Crippen molar-refractivity contribution in [3.05, 3.63) is 29.8 Å². The van der Waals surface area contributed by atoms with Crippen LogP contribution in [-0.4, -0.2) is 73.0 Å². The first-order chi connectivity index (χ1) is 15.6. The first-order valence-electron chi connectivity index (χ1n) is 11.9. The summed E-state index contributed by atoms with van der Waals surface area (Å²) in [7, 11) is 0. The zero-order valence-corrected chi connectivity index (χ0v) is 18.7. The third kappa shape index (κ3) is 6.37. The number of rotatable bonds is 8. The molecule has 0 unspecified atom stereocenters. The lowest BCUT2D eigenvalue weighted by molar-refractivity contribution is -0.126. The Bertz CT molecular complexity index is 795. The molecule has 4 amide bonds. The van der Waals surface area contributed by atoms with Gasteiger partial charge in [-0.25, -0.2) is 4.79 Å². The lowest BCUT2D eigenvalue weighted by Crippen LogP contribution is -2.47. The molecular formula is C24H34N4O4. The highest BCUT2D eigenvalue weighted by molar-refractivity contribution is 5.80. The van der Waals surface area contributed by atoms with Crippen LogP contribution in [0.1, 0.15) is 44.1 Å². The molecule has 2 aliphatic heterocycles. The summed E-state index contributed by atoms with van der Waals surface area (Å²) in [5.41, 5.74) is 1.10. The van der Waals surface area contributed by atoms with Crippen molar-refractivity contribution in [1.29, 1.82) is 0 Å². The number of carbonyl (C=O) groups is 3. The third-order valence-corrected chi connectivity index (χ3v) is 6.46. The number of ether oxygens (including phenoxy) is 1. The van der Waals surface area contributed by atoms with E-state index in [1.54, 1.807) is 0 Å². The van der Waals surface area contributed by atoms with Crippen molar-refractivity contribution < 1.29 is 19.1 Å². The highest BCUT2D eigenvalue weighted by atomic mass is 16.5. The predicted molar refractivity (Wildman–Crippen MR) is 120 cm³/mol. The standard InChI is InChI=1S/C24H34N4O4/c29-22(26-20-5-6-20)17-32-21-7-3-18(4-8-21)9-12-25-23(30)19-10-15-28(16-11-19)24(31)27-13-1-2-14-27/h3-4,7-8,19-20H,1-2,5-6,9-17H2,(H,25,30)(H,26,29). The lowest BCUT2D eigenvalue weighted by atomic mass is 9.96. The fourth-order valence-corrected chi connectivity index (χ4v) is 4.31. The lowest BCUT2D eigenvalue weighted by Gasteiger charge is -2.34. The van der Waals surface area contributed by atoms with E-state index in [0.717, 1.165) is 63.6 Å². The fraction of sp³-hybridized carbons (Fsp3) is 0.625. The summed E-state index contributed by atoms with van der Waals surface area (Å²) >= 11 is 0. The maximum absolute atomic E-state index is 12.5. The summed E-state index contributed by atoms with van der Waals surface area (Å²) in [6.45, 7) is 3.66.